The first-order chi connectivity index (χ1) is 7.13. The smallest absolute Gasteiger partial charge is 0.00191 e. The van der Waals surface area contributed by atoms with Gasteiger partial charge in [0.15, 0.2) is 0 Å². The quantitative estimate of drug-likeness (QED) is 0.708. The molecule has 1 atom stereocenters. The lowest BCUT2D eigenvalue weighted by molar-refractivity contribution is 0.813. The number of aryl methyl sites for hydroxylation is 1. The number of hydrogen-bond donors (Lipinski definition) is 0. The Bertz CT molecular complexity index is 311. The molecule has 0 aliphatic carbocycles. The van der Waals surface area contributed by atoms with Crippen LogP contribution in [0.15, 0.2) is 30.8 Å². The van der Waals surface area contributed by atoms with Crippen molar-refractivity contribution in [3.63, 3.8) is 0 Å². The molecule has 1 heteroatoms. The van der Waals surface area contributed by atoms with Crippen LogP contribution >= 0.6 is 11.8 Å². The molecule has 82 valence electrons. The van der Waals surface area contributed by atoms with Gasteiger partial charge < -0.3 is 0 Å². The molecule has 1 unspecified atom stereocenters. The maximum atomic E-state index is 3.94. The summed E-state index contributed by atoms with van der Waals surface area (Å²) in [5.41, 5.74) is 3.82. The van der Waals surface area contributed by atoms with Crippen LogP contribution in [0.2, 0.25) is 0 Å². The van der Waals surface area contributed by atoms with Crippen LogP contribution in [0.5, 0.6) is 0 Å². The maximum Gasteiger partial charge on any atom is 0.00191 e. The van der Waals surface area contributed by atoms with Crippen molar-refractivity contribution in [1.29, 1.82) is 0 Å². The van der Waals surface area contributed by atoms with Crippen LogP contribution in [0, 0.1) is 0 Å². The number of thioether (sulfide) groups is 1. The van der Waals surface area contributed by atoms with E-state index in [0.29, 0.717) is 0 Å². The fourth-order valence-corrected chi connectivity index (χ4v) is 1.80. The summed E-state index contributed by atoms with van der Waals surface area (Å²) in [6.45, 7) is 8.27. The minimum atomic E-state index is 0.755. The number of benzene rings is 1. The second-order valence-electron chi connectivity index (χ2n) is 4.06. The number of rotatable bonds is 5. The molecule has 15 heavy (non-hydrogen) atoms. The second-order valence-corrected chi connectivity index (χ2v) is 5.34. The largest absolute Gasteiger partial charge is 0.162 e. The van der Waals surface area contributed by atoms with Gasteiger partial charge in [-0.25, -0.2) is 0 Å². The van der Waals surface area contributed by atoms with E-state index in [1.165, 1.54) is 24.0 Å². The monoisotopic (exact) mass is 220 g/mol. The van der Waals surface area contributed by atoms with Crippen LogP contribution in [-0.2, 0) is 6.42 Å². The van der Waals surface area contributed by atoms with Gasteiger partial charge in [-0.05, 0) is 37.1 Å². The van der Waals surface area contributed by atoms with Gasteiger partial charge in [0.1, 0.15) is 0 Å². The maximum absolute atomic E-state index is 3.94. The summed E-state index contributed by atoms with van der Waals surface area (Å²) in [5.74, 6) is 0. The van der Waals surface area contributed by atoms with Crippen LogP contribution in [0.25, 0.3) is 5.57 Å². The van der Waals surface area contributed by atoms with Crippen molar-refractivity contribution >= 4 is 17.3 Å². The zero-order valence-corrected chi connectivity index (χ0v) is 10.7. The summed E-state index contributed by atoms with van der Waals surface area (Å²) in [4.78, 5) is 0. The Morgan fingerprint density at radius 3 is 2.40 bits per heavy atom. The molecule has 0 aliphatic heterocycles. The molecule has 0 aromatic heterocycles. The Labute approximate surface area is 97.8 Å². The average Bonchev–Trinajstić information content (AvgIpc) is 2.26. The minimum Gasteiger partial charge on any atom is -0.162 e. The summed E-state index contributed by atoms with van der Waals surface area (Å²) < 4.78 is 0. The molecular formula is C14H20S. The molecule has 1 rings (SSSR count). The zero-order valence-electron chi connectivity index (χ0n) is 9.92. The molecule has 0 bridgehead atoms. The van der Waals surface area contributed by atoms with Crippen LogP contribution in [0.4, 0.5) is 0 Å². The van der Waals surface area contributed by atoms with E-state index in [0.717, 1.165) is 10.8 Å². The molecule has 0 radical (unpaired) electrons. The molecule has 0 spiro atoms. The first-order valence-electron chi connectivity index (χ1n) is 5.41. The second kappa shape index (κ2) is 6.02. The molecule has 0 nitrogen and oxygen atoms in total. The molecule has 0 fully saturated rings. The Kier molecular flexibility index (Phi) is 4.97. The van der Waals surface area contributed by atoms with Gasteiger partial charge in [0.05, 0.1) is 0 Å². The van der Waals surface area contributed by atoms with Gasteiger partial charge in [-0.15, -0.1) is 0 Å². The lowest BCUT2D eigenvalue weighted by Gasteiger charge is -2.08. The van der Waals surface area contributed by atoms with Crippen molar-refractivity contribution in [3.8, 4) is 0 Å². The van der Waals surface area contributed by atoms with Crippen LogP contribution in [0.1, 0.15) is 31.4 Å². The van der Waals surface area contributed by atoms with E-state index < -0.39 is 0 Å². The van der Waals surface area contributed by atoms with Gasteiger partial charge in [-0.3, -0.25) is 0 Å². The summed E-state index contributed by atoms with van der Waals surface area (Å²) >= 11 is 1.94. The van der Waals surface area contributed by atoms with Crippen LogP contribution < -0.4 is 0 Å². The van der Waals surface area contributed by atoms with Crippen LogP contribution in [0.3, 0.4) is 0 Å². The SMILES string of the molecule is C=C(C)c1ccc(CCC(C)SC)cc1. The Morgan fingerprint density at radius 1 is 1.33 bits per heavy atom. The van der Waals surface area contributed by atoms with Crippen molar-refractivity contribution < 1.29 is 0 Å². The Balaban J connectivity index is 2.53. The van der Waals surface area contributed by atoms with Gasteiger partial charge in [0.25, 0.3) is 0 Å². The fourth-order valence-electron chi connectivity index (χ4n) is 1.44. The summed E-state index contributed by atoms with van der Waals surface area (Å²) in [6, 6.07) is 8.77. The molecule has 0 N–H and O–H groups in total. The van der Waals surface area contributed by atoms with Crippen molar-refractivity contribution in [1.82, 2.24) is 0 Å². The highest BCUT2D eigenvalue weighted by Crippen LogP contribution is 2.16. The third-order valence-corrected chi connectivity index (χ3v) is 3.73. The van der Waals surface area contributed by atoms with Crippen molar-refractivity contribution in [2.24, 2.45) is 0 Å². The topological polar surface area (TPSA) is 0 Å². The molecule has 0 saturated heterocycles. The first-order valence-corrected chi connectivity index (χ1v) is 6.70. The van der Waals surface area contributed by atoms with E-state index in [1.54, 1.807) is 0 Å². The molecule has 0 heterocycles. The van der Waals surface area contributed by atoms with E-state index in [4.69, 9.17) is 0 Å². The molecule has 1 aromatic carbocycles. The van der Waals surface area contributed by atoms with E-state index >= 15 is 0 Å². The molecule has 1 aromatic rings. The third kappa shape index (κ3) is 4.13. The molecule has 0 saturated carbocycles. The van der Waals surface area contributed by atoms with Crippen molar-refractivity contribution in [2.45, 2.75) is 31.9 Å². The van der Waals surface area contributed by atoms with E-state index in [1.807, 2.05) is 18.7 Å². The van der Waals surface area contributed by atoms with Crippen molar-refractivity contribution in [2.75, 3.05) is 6.26 Å². The fraction of sp³-hybridized carbons (Fsp3) is 0.429. The van der Waals surface area contributed by atoms with Gasteiger partial charge in [0, 0.05) is 5.25 Å². The lowest BCUT2D eigenvalue weighted by Crippen LogP contribution is -1.97. The van der Waals surface area contributed by atoms with E-state index in [9.17, 15) is 0 Å². The first kappa shape index (κ1) is 12.4. The highest BCUT2D eigenvalue weighted by atomic mass is 32.2. The zero-order chi connectivity index (χ0) is 11.3. The van der Waals surface area contributed by atoms with E-state index in [2.05, 4.69) is 44.0 Å². The minimum absolute atomic E-state index is 0.755. The molecule has 0 amide bonds. The van der Waals surface area contributed by atoms with Crippen LogP contribution in [-0.4, -0.2) is 11.5 Å². The van der Waals surface area contributed by atoms with Crippen molar-refractivity contribution in [3.05, 3.63) is 42.0 Å². The Morgan fingerprint density at radius 2 is 1.93 bits per heavy atom. The normalized spacial score (nSPS) is 12.5. The lowest BCUT2D eigenvalue weighted by atomic mass is 10.0. The number of allylic oxidation sites excluding steroid dienone is 1. The number of hydrogen-bond acceptors (Lipinski definition) is 1. The van der Waals surface area contributed by atoms with Gasteiger partial charge in [-0.1, -0.05) is 43.3 Å². The van der Waals surface area contributed by atoms with Gasteiger partial charge in [-0.2, -0.15) is 11.8 Å². The molecule has 0 aliphatic rings. The summed E-state index contributed by atoms with van der Waals surface area (Å²) in [5, 5.41) is 0.755. The van der Waals surface area contributed by atoms with Gasteiger partial charge in [0.2, 0.25) is 0 Å². The molecular weight excluding hydrogens is 200 g/mol. The highest BCUT2D eigenvalue weighted by Gasteiger charge is 2.00. The standard InChI is InChI=1S/C14H20S/c1-11(2)14-9-7-13(8-10-14)6-5-12(3)15-4/h7-10,12H,1,5-6H2,2-4H3. The summed E-state index contributed by atoms with van der Waals surface area (Å²) in [6.07, 6.45) is 4.61. The predicted molar refractivity (Wildman–Crippen MR) is 72.4 cm³/mol. The predicted octanol–water partition coefficient (Wildman–Crippen LogP) is 4.40. The third-order valence-electron chi connectivity index (χ3n) is 2.69. The Hall–Kier alpha value is -0.690. The highest BCUT2D eigenvalue weighted by molar-refractivity contribution is 7.99. The van der Waals surface area contributed by atoms with E-state index in [-0.39, 0.29) is 0 Å². The summed E-state index contributed by atoms with van der Waals surface area (Å²) in [7, 11) is 0. The average molecular weight is 220 g/mol. The van der Waals surface area contributed by atoms with Gasteiger partial charge >= 0.3 is 0 Å².